The van der Waals surface area contributed by atoms with Gasteiger partial charge >= 0.3 is 0 Å². The van der Waals surface area contributed by atoms with Gasteiger partial charge < -0.3 is 10.0 Å². The number of hydrogen-bond acceptors (Lipinski definition) is 4. The Morgan fingerprint density at radius 3 is 2.94 bits per heavy atom. The number of aromatic hydroxyl groups is 1. The molecule has 2 N–H and O–H groups in total. The van der Waals surface area contributed by atoms with Gasteiger partial charge in [-0.2, -0.15) is 15.4 Å². The number of carbonyl (C=O) groups is 1. The van der Waals surface area contributed by atoms with E-state index >= 15 is 0 Å². The Morgan fingerprint density at radius 2 is 2.35 bits per heavy atom. The number of nitrogens with zero attached hydrogens (tertiary/aromatic N) is 3. The highest BCUT2D eigenvalue weighted by molar-refractivity contribution is 6.04. The van der Waals surface area contributed by atoms with Crippen LogP contribution in [0.1, 0.15) is 17.4 Å². The molecule has 88 valence electrons. The highest BCUT2D eigenvalue weighted by atomic mass is 16.3. The van der Waals surface area contributed by atoms with E-state index in [0.29, 0.717) is 12.2 Å². The summed E-state index contributed by atoms with van der Waals surface area (Å²) in [6, 6.07) is 6.52. The van der Waals surface area contributed by atoms with Crippen molar-refractivity contribution in [2.45, 2.75) is 6.92 Å². The molecule has 0 unspecified atom stereocenters. The molecule has 0 aliphatic carbocycles. The monoisotopic (exact) mass is 232 g/mol. The largest absolute Gasteiger partial charge is 0.508 e. The van der Waals surface area contributed by atoms with Crippen LogP contribution in [0.2, 0.25) is 0 Å². The lowest BCUT2D eigenvalue weighted by molar-refractivity contribution is 0.0983. The maximum Gasteiger partial charge on any atom is 0.280 e. The Labute approximate surface area is 97.9 Å². The van der Waals surface area contributed by atoms with Crippen LogP contribution in [0.4, 0.5) is 5.69 Å². The van der Waals surface area contributed by atoms with E-state index in [-0.39, 0.29) is 17.4 Å². The third kappa shape index (κ3) is 2.25. The minimum atomic E-state index is -0.258. The molecule has 0 saturated heterocycles. The molecule has 0 saturated carbocycles. The molecule has 1 aromatic heterocycles. The van der Waals surface area contributed by atoms with Gasteiger partial charge in [0.25, 0.3) is 5.91 Å². The average Bonchev–Trinajstić information content (AvgIpc) is 2.83. The first-order chi connectivity index (χ1) is 8.22. The molecule has 6 heteroatoms. The summed E-state index contributed by atoms with van der Waals surface area (Å²) in [5.74, 6) is -0.138. The number of H-pyrrole nitrogens is 1. The number of nitrogens with one attached hydrogen (secondary N) is 1. The molecule has 0 aliphatic rings. The molecule has 0 aliphatic heterocycles. The molecule has 0 bridgehead atoms. The van der Waals surface area contributed by atoms with Gasteiger partial charge in [0.1, 0.15) is 5.75 Å². The predicted molar refractivity (Wildman–Crippen MR) is 61.8 cm³/mol. The van der Waals surface area contributed by atoms with Gasteiger partial charge in [0.05, 0.1) is 6.20 Å². The van der Waals surface area contributed by atoms with Crippen molar-refractivity contribution in [1.82, 2.24) is 15.4 Å². The number of benzene rings is 1. The highest BCUT2D eigenvalue weighted by Gasteiger charge is 2.18. The molecule has 1 amide bonds. The number of carbonyl (C=O) groups excluding carboxylic acids is 1. The van der Waals surface area contributed by atoms with Crippen LogP contribution < -0.4 is 4.90 Å². The summed E-state index contributed by atoms with van der Waals surface area (Å²) < 4.78 is 0. The zero-order valence-corrected chi connectivity index (χ0v) is 9.29. The van der Waals surface area contributed by atoms with E-state index < -0.39 is 0 Å². The summed E-state index contributed by atoms with van der Waals surface area (Å²) in [6.45, 7) is 2.33. The minimum absolute atomic E-state index is 0.119. The second-order valence-corrected chi connectivity index (χ2v) is 3.42. The molecule has 0 spiro atoms. The van der Waals surface area contributed by atoms with Gasteiger partial charge in [-0.25, -0.2) is 0 Å². The number of rotatable bonds is 3. The van der Waals surface area contributed by atoms with Crippen LogP contribution in [0.3, 0.4) is 0 Å². The topological polar surface area (TPSA) is 82.1 Å². The quantitative estimate of drug-likeness (QED) is 0.832. The molecule has 0 radical (unpaired) electrons. The normalized spacial score (nSPS) is 10.2. The number of aromatic amines is 1. The van der Waals surface area contributed by atoms with Crippen LogP contribution >= 0.6 is 0 Å². The van der Waals surface area contributed by atoms with Crippen molar-refractivity contribution in [3.63, 3.8) is 0 Å². The maximum absolute atomic E-state index is 12.1. The van der Waals surface area contributed by atoms with Gasteiger partial charge in [-0.15, -0.1) is 0 Å². The van der Waals surface area contributed by atoms with Crippen molar-refractivity contribution in [1.29, 1.82) is 0 Å². The lowest BCUT2D eigenvalue weighted by atomic mass is 10.2. The zero-order chi connectivity index (χ0) is 12.3. The fourth-order valence-electron chi connectivity index (χ4n) is 1.55. The highest BCUT2D eigenvalue weighted by Crippen LogP contribution is 2.21. The minimum Gasteiger partial charge on any atom is -0.508 e. The summed E-state index contributed by atoms with van der Waals surface area (Å²) in [4.78, 5) is 13.6. The summed E-state index contributed by atoms with van der Waals surface area (Å²) in [6.07, 6.45) is 1.37. The summed E-state index contributed by atoms with van der Waals surface area (Å²) in [7, 11) is 0. The third-order valence-electron chi connectivity index (χ3n) is 2.34. The zero-order valence-electron chi connectivity index (χ0n) is 9.29. The van der Waals surface area contributed by atoms with E-state index in [1.165, 1.54) is 17.2 Å². The van der Waals surface area contributed by atoms with Crippen molar-refractivity contribution < 1.29 is 9.90 Å². The number of phenols is 1. The number of anilines is 1. The lowest BCUT2D eigenvalue weighted by Gasteiger charge is -2.19. The Bertz CT molecular complexity index is 510. The van der Waals surface area contributed by atoms with E-state index in [2.05, 4.69) is 15.4 Å². The van der Waals surface area contributed by atoms with Crippen molar-refractivity contribution in [3.05, 3.63) is 36.2 Å². The molecule has 1 heterocycles. The number of phenolic OH excluding ortho intramolecular Hbond substituents is 1. The fourth-order valence-corrected chi connectivity index (χ4v) is 1.55. The van der Waals surface area contributed by atoms with E-state index in [4.69, 9.17) is 0 Å². The second kappa shape index (κ2) is 4.65. The van der Waals surface area contributed by atoms with Crippen molar-refractivity contribution >= 4 is 11.6 Å². The fraction of sp³-hybridized carbons (Fsp3) is 0.182. The van der Waals surface area contributed by atoms with Gasteiger partial charge in [0.2, 0.25) is 0 Å². The van der Waals surface area contributed by atoms with Crippen molar-refractivity contribution in [2.75, 3.05) is 11.4 Å². The van der Waals surface area contributed by atoms with Crippen molar-refractivity contribution in [2.24, 2.45) is 0 Å². The smallest absolute Gasteiger partial charge is 0.280 e. The van der Waals surface area contributed by atoms with E-state index in [1.807, 2.05) is 6.92 Å². The SMILES string of the molecule is CCN(C(=O)c1cn[nH]n1)c1cccc(O)c1. The standard InChI is InChI=1S/C11H12N4O2/c1-2-15(8-4-3-5-9(16)6-8)11(17)10-7-12-14-13-10/h3-7,16H,2H2,1H3,(H,12,13,14). The van der Waals surface area contributed by atoms with Gasteiger partial charge in [0.15, 0.2) is 5.69 Å². The molecule has 6 nitrogen and oxygen atoms in total. The van der Waals surface area contributed by atoms with Crippen LogP contribution in [0, 0.1) is 0 Å². The van der Waals surface area contributed by atoms with E-state index in [9.17, 15) is 9.90 Å². The van der Waals surface area contributed by atoms with Crippen LogP contribution in [0.5, 0.6) is 5.75 Å². The Morgan fingerprint density at radius 1 is 1.53 bits per heavy atom. The number of aromatic nitrogens is 3. The summed E-state index contributed by atoms with van der Waals surface area (Å²) in [5.41, 5.74) is 0.871. The molecule has 2 rings (SSSR count). The van der Waals surface area contributed by atoms with Crippen LogP contribution in [-0.2, 0) is 0 Å². The average molecular weight is 232 g/mol. The lowest BCUT2D eigenvalue weighted by Crippen LogP contribution is -2.30. The molecule has 0 atom stereocenters. The van der Waals surface area contributed by atoms with Crippen LogP contribution in [0.25, 0.3) is 0 Å². The molecular formula is C11H12N4O2. The molecular weight excluding hydrogens is 220 g/mol. The predicted octanol–water partition coefficient (Wildman–Crippen LogP) is 1.18. The maximum atomic E-state index is 12.1. The van der Waals surface area contributed by atoms with Crippen LogP contribution in [0.15, 0.2) is 30.5 Å². The first-order valence-electron chi connectivity index (χ1n) is 5.19. The number of amides is 1. The Balaban J connectivity index is 2.31. The Hall–Kier alpha value is -2.37. The first-order valence-corrected chi connectivity index (χ1v) is 5.19. The molecule has 2 aromatic rings. The van der Waals surface area contributed by atoms with Gasteiger partial charge in [-0.3, -0.25) is 4.79 Å². The molecule has 1 aromatic carbocycles. The second-order valence-electron chi connectivity index (χ2n) is 3.42. The van der Waals surface area contributed by atoms with Crippen LogP contribution in [-0.4, -0.2) is 33.0 Å². The van der Waals surface area contributed by atoms with E-state index in [1.54, 1.807) is 18.2 Å². The van der Waals surface area contributed by atoms with Gasteiger partial charge in [-0.1, -0.05) is 6.07 Å². The van der Waals surface area contributed by atoms with Gasteiger partial charge in [-0.05, 0) is 19.1 Å². The first kappa shape index (κ1) is 11.1. The number of hydrogen-bond donors (Lipinski definition) is 2. The van der Waals surface area contributed by atoms with E-state index in [0.717, 1.165) is 0 Å². The van der Waals surface area contributed by atoms with Gasteiger partial charge in [0, 0.05) is 18.3 Å². The van der Waals surface area contributed by atoms with Crippen molar-refractivity contribution in [3.8, 4) is 5.75 Å². The summed E-state index contributed by atoms with van der Waals surface area (Å²) in [5, 5.41) is 19.1. The third-order valence-corrected chi connectivity index (χ3v) is 2.34. The molecule has 17 heavy (non-hydrogen) atoms. The summed E-state index contributed by atoms with van der Waals surface area (Å²) >= 11 is 0. The Kier molecular flexibility index (Phi) is 3.04. The molecule has 0 fully saturated rings.